The topological polar surface area (TPSA) is 129 Å². The van der Waals surface area contributed by atoms with Crippen molar-refractivity contribution in [1.29, 1.82) is 0 Å². The van der Waals surface area contributed by atoms with Crippen LogP contribution in [0.1, 0.15) is 0 Å². The number of fused-ring (bicyclic) bond motifs is 1. The Morgan fingerprint density at radius 2 is 2.06 bits per heavy atom. The molecule has 7 nitrogen and oxygen atoms in total. The number of halogens is 1. The molecule has 88 valence electrons. The van der Waals surface area contributed by atoms with Gasteiger partial charge in [0.25, 0.3) is 0 Å². The molecule has 0 amide bonds. The zero-order chi connectivity index (χ0) is 12.4. The first-order valence-corrected chi connectivity index (χ1v) is 4.90. The number of benzene rings is 1. The van der Waals surface area contributed by atoms with E-state index in [1.54, 1.807) is 12.1 Å². The minimum absolute atomic E-state index is 0.0919. The van der Waals surface area contributed by atoms with Crippen LogP contribution in [0.5, 0.6) is 0 Å². The summed E-state index contributed by atoms with van der Waals surface area (Å²) in [5.74, 6) is -0.270. The van der Waals surface area contributed by atoms with Gasteiger partial charge >= 0.3 is 0 Å². The highest BCUT2D eigenvalue weighted by atomic mass is 35.5. The first-order chi connectivity index (χ1) is 8.06. The molecule has 0 spiro atoms. The highest BCUT2D eigenvalue weighted by molar-refractivity contribution is 6.33. The molecule has 0 aliphatic carbocycles. The van der Waals surface area contributed by atoms with Crippen LogP contribution >= 0.6 is 11.6 Å². The molecule has 0 saturated carbocycles. The van der Waals surface area contributed by atoms with Crippen molar-refractivity contribution in [2.24, 2.45) is 27.2 Å². The average molecular weight is 253 g/mol. The third-order valence-electron chi connectivity index (χ3n) is 1.88. The molecule has 0 bridgehead atoms. The van der Waals surface area contributed by atoms with Gasteiger partial charge in [-0.2, -0.15) is 4.99 Å². The van der Waals surface area contributed by atoms with Crippen LogP contribution in [0.4, 0.5) is 5.69 Å². The summed E-state index contributed by atoms with van der Waals surface area (Å²) >= 11 is 5.99. The van der Waals surface area contributed by atoms with Gasteiger partial charge in [0.05, 0.1) is 10.7 Å². The molecule has 1 aromatic carbocycles. The third kappa shape index (κ3) is 2.45. The Labute approximate surface area is 101 Å². The lowest BCUT2D eigenvalue weighted by Crippen LogP contribution is -2.26. The summed E-state index contributed by atoms with van der Waals surface area (Å²) in [7, 11) is 0. The van der Waals surface area contributed by atoms with E-state index >= 15 is 0 Å². The third-order valence-corrected chi connectivity index (χ3v) is 2.18. The van der Waals surface area contributed by atoms with E-state index in [9.17, 15) is 0 Å². The van der Waals surface area contributed by atoms with Gasteiger partial charge in [-0.05, 0) is 6.07 Å². The maximum Gasteiger partial charge on any atom is 0.223 e. The van der Waals surface area contributed by atoms with Crippen molar-refractivity contribution < 1.29 is 4.42 Å². The minimum atomic E-state index is -0.178. The maximum absolute atomic E-state index is 5.99. The van der Waals surface area contributed by atoms with Crippen molar-refractivity contribution in [3.8, 4) is 0 Å². The predicted octanol–water partition coefficient (Wildman–Crippen LogP) is 0.701. The summed E-state index contributed by atoms with van der Waals surface area (Å²) in [4.78, 5) is 11.5. The quantitative estimate of drug-likeness (QED) is 0.508. The number of aromatic nitrogens is 1. The molecular formula is C9H9ClN6O. The molecule has 0 saturated heterocycles. The van der Waals surface area contributed by atoms with E-state index < -0.39 is 0 Å². The van der Waals surface area contributed by atoms with Crippen LogP contribution in [0.25, 0.3) is 11.1 Å². The Balaban J connectivity index is 2.48. The molecule has 0 aliphatic heterocycles. The summed E-state index contributed by atoms with van der Waals surface area (Å²) in [5, 5.41) is 0.375. The normalized spacial score (nSPS) is 11.7. The number of nitrogens with two attached hydrogens (primary N) is 3. The van der Waals surface area contributed by atoms with Gasteiger partial charge in [-0.25, -0.2) is 9.98 Å². The summed E-state index contributed by atoms with van der Waals surface area (Å²) in [6, 6.07) is 3.21. The average Bonchev–Trinajstić information content (AvgIpc) is 2.63. The number of oxazole rings is 1. The standard InChI is InChI=1S/C9H9ClN6O/c10-4-1-6-7(17-3-14-6)2-5(4)15-9(13)16-8(11)12/h1-3H,(H6,11,12,13,15,16). The second-order valence-electron chi connectivity index (χ2n) is 3.13. The second-order valence-corrected chi connectivity index (χ2v) is 3.54. The Kier molecular flexibility index (Phi) is 2.84. The minimum Gasteiger partial charge on any atom is -0.443 e. The Bertz CT molecular complexity index is 613. The van der Waals surface area contributed by atoms with Crippen molar-refractivity contribution in [1.82, 2.24) is 4.98 Å². The molecule has 0 fully saturated rings. The molecule has 0 radical (unpaired) electrons. The molecule has 0 unspecified atom stereocenters. The number of hydrogen-bond donors (Lipinski definition) is 3. The molecule has 0 atom stereocenters. The van der Waals surface area contributed by atoms with Gasteiger partial charge in [-0.3, -0.25) is 0 Å². The van der Waals surface area contributed by atoms with E-state index in [0.29, 0.717) is 21.8 Å². The van der Waals surface area contributed by atoms with Crippen molar-refractivity contribution in [3.63, 3.8) is 0 Å². The fraction of sp³-hybridized carbons (Fsp3) is 0. The largest absolute Gasteiger partial charge is 0.443 e. The summed E-state index contributed by atoms with van der Waals surface area (Å²) in [5.41, 5.74) is 17.4. The first-order valence-electron chi connectivity index (χ1n) is 4.53. The van der Waals surface area contributed by atoms with Crippen LogP contribution in [-0.4, -0.2) is 16.9 Å². The molecule has 2 rings (SSSR count). The Hall–Kier alpha value is -2.28. The molecule has 6 N–H and O–H groups in total. The van der Waals surface area contributed by atoms with E-state index in [4.69, 9.17) is 33.2 Å². The fourth-order valence-electron chi connectivity index (χ4n) is 1.23. The maximum atomic E-state index is 5.99. The molecule has 17 heavy (non-hydrogen) atoms. The van der Waals surface area contributed by atoms with Gasteiger partial charge in [-0.1, -0.05) is 11.6 Å². The van der Waals surface area contributed by atoms with Gasteiger partial charge in [0.1, 0.15) is 5.52 Å². The van der Waals surface area contributed by atoms with Gasteiger partial charge in [0, 0.05) is 6.07 Å². The number of aliphatic imine (C=N–C) groups is 2. The molecule has 1 aromatic heterocycles. The number of hydrogen-bond acceptors (Lipinski definition) is 3. The predicted molar refractivity (Wildman–Crippen MR) is 66.1 cm³/mol. The lowest BCUT2D eigenvalue weighted by atomic mass is 10.3. The smallest absolute Gasteiger partial charge is 0.223 e. The van der Waals surface area contributed by atoms with Crippen molar-refractivity contribution >= 4 is 40.3 Å². The van der Waals surface area contributed by atoms with E-state index in [1.165, 1.54) is 6.39 Å². The monoisotopic (exact) mass is 252 g/mol. The van der Waals surface area contributed by atoms with Crippen LogP contribution in [-0.2, 0) is 0 Å². The highest BCUT2D eigenvalue weighted by Crippen LogP contribution is 2.29. The molecule has 8 heteroatoms. The molecule has 2 aromatic rings. The first kappa shape index (κ1) is 11.2. The Morgan fingerprint density at radius 1 is 1.29 bits per heavy atom. The van der Waals surface area contributed by atoms with Crippen molar-refractivity contribution in [2.75, 3.05) is 0 Å². The molecule has 0 aliphatic rings. The zero-order valence-corrected chi connectivity index (χ0v) is 9.35. The van der Waals surface area contributed by atoms with Gasteiger partial charge < -0.3 is 21.6 Å². The number of guanidine groups is 2. The van der Waals surface area contributed by atoms with E-state index in [2.05, 4.69) is 15.0 Å². The zero-order valence-electron chi connectivity index (χ0n) is 8.59. The lowest BCUT2D eigenvalue weighted by Gasteiger charge is -1.98. The summed E-state index contributed by atoms with van der Waals surface area (Å²) in [6.07, 6.45) is 1.31. The van der Waals surface area contributed by atoms with E-state index in [1.807, 2.05) is 0 Å². The second kappa shape index (κ2) is 4.30. The van der Waals surface area contributed by atoms with Gasteiger partial charge in [-0.15, -0.1) is 0 Å². The van der Waals surface area contributed by atoms with Crippen molar-refractivity contribution in [2.45, 2.75) is 0 Å². The van der Waals surface area contributed by atoms with E-state index in [0.717, 1.165) is 0 Å². The van der Waals surface area contributed by atoms with Crippen LogP contribution in [0.2, 0.25) is 5.02 Å². The van der Waals surface area contributed by atoms with Gasteiger partial charge in [0.15, 0.2) is 17.9 Å². The van der Waals surface area contributed by atoms with Crippen LogP contribution in [0.15, 0.2) is 32.9 Å². The summed E-state index contributed by atoms with van der Waals surface area (Å²) < 4.78 is 5.11. The van der Waals surface area contributed by atoms with Crippen LogP contribution in [0.3, 0.4) is 0 Å². The van der Waals surface area contributed by atoms with Crippen LogP contribution in [0, 0.1) is 0 Å². The number of rotatable bonds is 1. The summed E-state index contributed by atoms with van der Waals surface area (Å²) in [6.45, 7) is 0. The van der Waals surface area contributed by atoms with Gasteiger partial charge in [0.2, 0.25) is 5.96 Å². The lowest BCUT2D eigenvalue weighted by molar-refractivity contribution is 0.602. The molecular weight excluding hydrogens is 244 g/mol. The Morgan fingerprint density at radius 3 is 2.76 bits per heavy atom. The number of nitrogens with zero attached hydrogens (tertiary/aromatic N) is 3. The molecule has 1 heterocycles. The fourth-order valence-corrected chi connectivity index (χ4v) is 1.43. The van der Waals surface area contributed by atoms with Crippen LogP contribution < -0.4 is 17.2 Å². The SMILES string of the molecule is NC(N)=NC(N)=Nc1cc2ocnc2cc1Cl. The highest BCUT2D eigenvalue weighted by Gasteiger charge is 2.06. The van der Waals surface area contributed by atoms with E-state index in [-0.39, 0.29) is 11.9 Å². The van der Waals surface area contributed by atoms with Crippen molar-refractivity contribution in [3.05, 3.63) is 23.5 Å².